The van der Waals surface area contributed by atoms with E-state index in [2.05, 4.69) is 4.98 Å². The van der Waals surface area contributed by atoms with E-state index in [1.54, 1.807) is 34.3 Å². The highest BCUT2D eigenvalue weighted by molar-refractivity contribution is 5.96. The highest BCUT2D eigenvalue weighted by atomic mass is 16.6. The van der Waals surface area contributed by atoms with Crippen LogP contribution in [0.5, 0.6) is 0 Å². The number of hydrogen-bond donors (Lipinski definition) is 0. The van der Waals surface area contributed by atoms with Crippen LogP contribution in [-0.2, 0) is 17.9 Å². The molecule has 0 spiro atoms. The molecule has 1 aromatic heterocycles. The predicted molar refractivity (Wildman–Crippen MR) is 142 cm³/mol. The van der Waals surface area contributed by atoms with Gasteiger partial charge in [-0.1, -0.05) is 18.2 Å². The molecule has 38 heavy (non-hydrogen) atoms. The molecule has 5 rings (SSSR count). The lowest BCUT2D eigenvalue weighted by Gasteiger charge is -2.40. The van der Waals surface area contributed by atoms with Gasteiger partial charge in [0.15, 0.2) is 0 Å². The van der Waals surface area contributed by atoms with Crippen molar-refractivity contribution in [3.63, 3.8) is 0 Å². The highest BCUT2D eigenvalue weighted by Gasteiger charge is 2.35. The number of carbonyl (C=O) groups excluding carboxylic acids is 2. The lowest BCUT2D eigenvalue weighted by Crippen LogP contribution is -2.49. The summed E-state index contributed by atoms with van der Waals surface area (Å²) in [6.45, 7) is 4.07. The van der Waals surface area contributed by atoms with Crippen LogP contribution in [0, 0.1) is 10.1 Å². The second-order valence-corrected chi connectivity index (χ2v) is 9.41. The van der Waals surface area contributed by atoms with Gasteiger partial charge in [0.2, 0.25) is 0 Å². The molecular formula is C28H29N5O5. The Balaban J connectivity index is 1.32. The van der Waals surface area contributed by atoms with Crippen molar-refractivity contribution in [2.24, 2.45) is 0 Å². The standard InChI is InChI=1S/C28H29N5O5/c1-2-30(18-20-9-13-29-14-10-20)27(34)21-7-8-25(26(17-21)33(36)37)31-15-11-23(12-16-31)32-24-6-4-3-5-22(24)19-38-28(32)35/h3-10,13-14,17,23H,2,11-12,15-16,18-19H2,1H3. The molecule has 196 valence electrons. The van der Waals surface area contributed by atoms with Gasteiger partial charge in [0.1, 0.15) is 12.3 Å². The van der Waals surface area contributed by atoms with Gasteiger partial charge >= 0.3 is 6.09 Å². The van der Waals surface area contributed by atoms with E-state index in [-0.39, 0.29) is 35.9 Å². The molecule has 3 heterocycles. The Morgan fingerprint density at radius 2 is 1.84 bits per heavy atom. The number of nitro benzene ring substituents is 1. The first-order valence-electron chi connectivity index (χ1n) is 12.7. The van der Waals surface area contributed by atoms with Crippen LogP contribution in [0.4, 0.5) is 21.9 Å². The maximum atomic E-state index is 13.2. The second-order valence-electron chi connectivity index (χ2n) is 9.41. The van der Waals surface area contributed by atoms with E-state index < -0.39 is 4.92 Å². The first kappa shape index (κ1) is 25.2. The normalized spacial score (nSPS) is 15.6. The Bertz CT molecular complexity index is 1340. The summed E-state index contributed by atoms with van der Waals surface area (Å²) in [7, 11) is 0. The lowest BCUT2D eigenvalue weighted by molar-refractivity contribution is -0.384. The highest BCUT2D eigenvalue weighted by Crippen LogP contribution is 2.35. The van der Waals surface area contributed by atoms with Crippen molar-refractivity contribution in [1.82, 2.24) is 9.88 Å². The van der Waals surface area contributed by atoms with Gasteiger partial charge in [-0.05, 0) is 55.7 Å². The van der Waals surface area contributed by atoms with Gasteiger partial charge in [-0.25, -0.2) is 4.79 Å². The van der Waals surface area contributed by atoms with E-state index >= 15 is 0 Å². The minimum Gasteiger partial charge on any atom is -0.444 e. The molecule has 2 aliphatic heterocycles. The number of nitrogens with zero attached hydrogens (tertiary/aromatic N) is 5. The topological polar surface area (TPSA) is 109 Å². The van der Waals surface area contributed by atoms with Gasteiger partial charge in [-0.3, -0.25) is 24.8 Å². The van der Waals surface area contributed by atoms with Crippen LogP contribution in [-0.4, -0.2) is 52.5 Å². The third kappa shape index (κ3) is 5.02. The molecule has 1 saturated heterocycles. The van der Waals surface area contributed by atoms with Crippen LogP contribution in [0.25, 0.3) is 0 Å². The zero-order valence-corrected chi connectivity index (χ0v) is 21.2. The number of cyclic esters (lactones) is 1. The van der Waals surface area contributed by atoms with Crippen molar-refractivity contribution < 1.29 is 19.2 Å². The molecule has 0 bridgehead atoms. The van der Waals surface area contributed by atoms with Crippen molar-refractivity contribution >= 4 is 29.1 Å². The molecule has 10 nitrogen and oxygen atoms in total. The maximum Gasteiger partial charge on any atom is 0.414 e. The molecule has 0 unspecified atom stereocenters. The van der Waals surface area contributed by atoms with Gasteiger partial charge in [0.05, 0.1) is 10.6 Å². The SMILES string of the molecule is CCN(Cc1ccncc1)C(=O)c1ccc(N2CCC(N3C(=O)OCc4ccccc43)CC2)c([N+](=O)[O-])c1. The van der Waals surface area contributed by atoms with E-state index in [1.807, 2.05) is 48.2 Å². The Labute approximate surface area is 220 Å². The molecule has 0 aliphatic carbocycles. The summed E-state index contributed by atoms with van der Waals surface area (Å²) in [5.74, 6) is -0.264. The van der Waals surface area contributed by atoms with Crippen molar-refractivity contribution in [3.05, 3.63) is 93.8 Å². The molecule has 3 aromatic rings. The number of para-hydroxylation sites is 1. The number of carbonyl (C=O) groups is 2. The monoisotopic (exact) mass is 515 g/mol. The number of amides is 2. The Kier molecular flexibility index (Phi) is 7.21. The third-order valence-electron chi connectivity index (χ3n) is 7.18. The maximum absolute atomic E-state index is 13.2. The number of benzene rings is 2. The Morgan fingerprint density at radius 1 is 1.11 bits per heavy atom. The average molecular weight is 516 g/mol. The summed E-state index contributed by atoms with van der Waals surface area (Å²) in [5, 5.41) is 12.0. The zero-order chi connectivity index (χ0) is 26.6. The number of ether oxygens (including phenoxy) is 1. The molecule has 0 saturated carbocycles. The molecule has 0 atom stereocenters. The number of fused-ring (bicyclic) bond motifs is 1. The van der Waals surface area contributed by atoms with Crippen LogP contribution in [0.15, 0.2) is 67.0 Å². The van der Waals surface area contributed by atoms with Gasteiger partial charge in [0, 0.05) is 61.8 Å². The van der Waals surface area contributed by atoms with E-state index in [0.29, 0.717) is 44.7 Å². The fourth-order valence-electron chi connectivity index (χ4n) is 5.17. The molecule has 2 aliphatic rings. The molecule has 10 heteroatoms. The number of hydrogen-bond acceptors (Lipinski definition) is 7. The number of anilines is 2. The molecule has 0 N–H and O–H groups in total. The Hall–Kier alpha value is -4.47. The quantitative estimate of drug-likeness (QED) is 0.329. The number of rotatable bonds is 7. The fraction of sp³-hybridized carbons (Fsp3) is 0.321. The average Bonchev–Trinajstić information content (AvgIpc) is 2.96. The summed E-state index contributed by atoms with van der Waals surface area (Å²) in [4.78, 5) is 46.8. The Morgan fingerprint density at radius 3 is 2.55 bits per heavy atom. The lowest BCUT2D eigenvalue weighted by atomic mass is 9.99. The van der Waals surface area contributed by atoms with Gasteiger partial charge < -0.3 is 14.5 Å². The van der Waals surface area contributed by atoms with Crippen molar-refractivity contribution in [2.75, 3.05) is 29.4 Å². The summed E-state index contributed by atoms with van der Waals surface area (Å²) >= 11 is 0. The van der Waals surface area contributed by atoms with Gasteiger partial charge in [-0.2, -0.15) is 0 Å². The number of pyridine rings is 1. The summed E-state index contributed by atoms with van der Waals surface area (Å²) in [5.41, 5.74) is 3.42. The molecule has 1 fully saturated rings. The summed E-state index contributed by atoms with van der Waals surface area (Å²) in [6.07, 6.45) is 4.25. The molecular weight excluding hydrogens is 486 g/mol. The van der Waals surface area contributed by atoms with E-state index in [4.69, 9.17) is 4.74 Å². The first-order valence-corrected chi connectivity index (χ1v) is 12.7. The van der Waals surface area contributed by atoms with Gasteiger partial charge in [-0.15, -0.1) is 0 Å². The summed E-state index contributed by atoms with van der Waals surface area (Å²) < 4.78 is 5.38. The summed E-state index contributed by atoms with van der Waals surface area (Å²) in [6, 6.07) is 16.0. The first-order chi connectivity index (χ1) is 18.5. The van der Waals surface area contributed by atoms with Crippen molar-refractivity contribution in [3.8, 4) is 0 Å². The van der Waals surface area contributed by atoms with Gasteiger partial charge in [0.25, 0.3) is 11.6 Å². The van der Waals surface area contributed by atoms with Crippen molar-refractivity contribution in [2.45, 2.75) is 39.0 Å². The van der Waals surface area contributed by atoms with E-state index in [0.717, 1.165) is 16.8 Å². The molecule has 0 radical (unpaired) electrons. The minimum atomic E-state index is -0.435. The van der Waals surface area contributed by atoms with Crippen molar-refractivity contribution in [1.29, 1.82) is 0 Å². The van der Waals surface area contributed by atoms with Crippen LogP contribution >= 0.6 is 0 Å². The third-order valence-corrected chi connectivity index (χ3v) is 7.18. The smallest absolute Gasteiger partial charge is 0.414 e. The zero-order valence-electron chi connectivity index (χ0n) is 21.2. The largest absolute Gasteiger partial charge is 0.444 e. The number of nitro groups is 1. The predicted octanol–water partition coefficient (Wildman–Crippen LogP) is 4.78. The molecule has 2 aromatic carbocycles. The fourth-order valence-corrected chi connectivity index (χ4v) is 5.17. The van der Waals surface area contributed by atoms with E-state index in [1.165, 1.54) is 6.07 Å². The number of piperidine rings is 1. The van der Waals surface area contributed by atoms with Crippen LogP contribution in [0.1, 0.15) is 41.3 Å². The van der Waals surface area contributed by atoms with Crippen LogP contribution < -0.4 is 9.80 Å². The van der Waals surface area contributed by atoms with Crippen LogP contribution in [0.2, 0.25) is 0 Å². The molecule has 2 amide bonds. The van der Waals surface area contributed by atoms with E-state index in [9.17, 15) is 19.7 Å². The number of aromatic nitrogens is 1. The minimum absolute atomic E-state index is 0.0635. The van der Waals surface area contributed by atoms with Crippen LogP contribution in [0.3, 0.4) is 0 Å². The second kappa shape index (κ2) is 10.9.